The Morgan fingerprint density at radius 2 is 1.93 bits per heavy atom. The molecule has 3 nitrogen and oxygen atoms in total. The minimum absolute atomic E-state index is 0.518. The van der Waals surface area contributed by atoms with Gasteiger partial charge < -0.3 is 5.73 Å². The van der Waals surface area contributed by atoms with Crippen molar-refractivity contribution in [1.29, 1.82) is 0 Å². The van der Waals surface area contributed by atoms with Crippen LogP contribution in [0.5, 0.6) is 0 Å². The molecule has 0 amide bonds. The van der Waals surface area contributed by atoms with E-state index in [1.807, 2.05) is 25.1 Å². The molecule has 0 unspecified atom stereocenters. The van der Waals surface area contributed by atoms with Gasteiger partial charge in [0.2, 0.25) is 0 Å². The first-order chi connectivity index (χ1) is 7.25. The summed E-state index contributed by atoms with van der Waals surface area (Å²) in [5.74, 6) is 0.518. The van der Waals surface area contributed by atoms with Gasteiger partial charge in [0.25, 0.3) is 0 Å². The normalized spacial score (nSPS) is 10.2. The molecule has 1 aromatic carbocycles. The smallest absolute Gasteiger partial charge is 0.145 e. The largest absolute Gasteiger partial charge is 0.382 e. The van der Waals surface area contributed by atoms with Crippen LogP contribution in [0.3, 0.4) is 0 Å². The van der Waals surface area contributed by atoms with E-state index in [1.165, 1.54) is 5.56 Å². The number of nitrogens with zero attached hydrogens (tertiary/aromatic N) is 2. The third-order valence-electron chi connectivity index (χ3n) is 2.21. The van der Waals surface area contributed by atoms with Crippen molar-refractivity contribution in [2.75, 3.05) is 5.73 Å². The molecule has 76 valence electrons. The van der Waals surface area contributed by atoms with Crippen LogP contribution in [0.15, 0.2) is 36.5 Å². The number of nitrogens with two attached hydrogens (primary N) is 1. The topological polar surface area (TPSA) is 51.8 Å². The molecule has 15 heavy (non-hydrogen) atoms. The molecule has 2 rings (SSSR count). The Morgan fingerprint density at radius 3 is 2.67 bits per heavy atom. The Bertz CT molecular complexity index is 452. The number of hydrogen-bond acceptors (Lipinski definition) is 3. The van der Waals surface area contributed by atoms with Gasteiger partial charge in [-0.3, -0.25) is 4.98 Å². The molecule has 1 aromatic heterocycles. The third kappa shape index (κ3) is 2.31. The first-order valence-electron chi connectivity index (χ1n) is 4.87. The maximum absolute atomic E-state index is 5.76. The second-order valence-electron chi connectivity index (χ2n) is 3.51. The van der Waals surface area contributed by atoms with E-state index in [1.54, 1.807) is 6.20 Å². The number of aromatic nitrogens is 2. The molecular weight excluding hydrogens is 186 g/mol. The molecule has 0 saturated carbocycles. The minimum Gasteiger partial charge on any atom is -0.382 e. The monoisotopic (exact) mass is 199 g/mol. The van der Waals surface area contributed by atoms with E-state index in [4.69, 9.17) is 5.73 Å². The molecule has 0 radical (unpaired) electrons. The van der Waals surface area contributed by atoms with E-state index < -0.39 is 0 Å². The quantitative estimate of drug-likeness (QED) is 0.804. The van der Waals surface area contributed by atoms with Gasteiger partial charge in [0.15, 0.2) is 0 Å². The van der Waals surface area contributed by atoms with Crippen molar-refractivity contribution in [3.05, 3.63) is 53.5 Å². The van der Waals surface area contributed by atoms with Crippen molar-refractivity contribution in [3.63, 3.8) is 0 Å². The number of nitrogen functional groups attached to an aromatic ring is 1. The highest BCUT2D eigenvalue weighted by molar-refractivity contribution is 5.37. The van der Waals surface area contributed by atoms with Gasteiger partial charge in [-0.25, -0.2) is 4.98 Å². The van der Waals surface area contributed by atoms with E-state index in [9.17, 15) is 0 Å². The lowest BCUT2D eigenvalue weighted by atomic mass is 10.1. The summed E-state index contributed by atoms with van der Waals surface area (Å²) in [7, 11) is 0. The van der Waals surface area contributed by atoms with Crippen LogP contribution in [-0.4, -0.2) is 9.97 Å². The van der Waals surface area contributed by atoms with Gasteiger partial charge in [-0.15, -0.1) is 0 Å². The predicted octanol–water partition coefficient (Wildman–Crippen LogP) is 1.96. The lowest BCUT2D eigenvalue weighted by Crippen LogP contribution is -2.03. The summed E-state index contributed by atoms with van der Waals surface area (Å²) in [6.45, 7) is 1.92. The molecule has 3 heteroatoms. The first kappa shape index (κ1) is 9.65. The van der Waals surface area contributed by atoms with Gasteiger partial charge in [0.05, 0.1) is 17.6 Å². The minimum atomic E-state index is 0.518. The van der Waals surface area contributed by atoms with E-state index in [0.717, 1.165) is 17.8 Å². The zero-order chi connectivity index (χ0) is 10.7. The van der Waals surface area contributed by atoms with Gasteiger partial charge >= 0.3 is 0 Å². The van der Waals surface area contributed by atoms with Crippen LogP contribution < -0.4 is 5.73 Å². The first-order valence-corrected chi connectivity index (χ1v) is 4.87. The molecule has 1 heterocycles. The number of hydrogen-bond donors (Lipinski definition) is 1. The van der Waals surface area contributed by atoms with Crippen LogP contribution in [0.4, 0.5) is 5.82 Å². The van der Waals surface area contributed by atoms with E-state index in [2.05, 4.69) is 22.1 Å². The Kier molecular flexibility index (Phi) is 2.63. The highest BCUT2D eigenvalue weighted by Crippen LogP contribution is 2.11. The van der Waals surface area contributed by atoms with Crippen LogP contribution in [0.25, 0.3) is 0 Å². The fraction of sp³-hybridized carbons (Fsp3) is 0.167. The second kappa shape index (κ2) is 4.09. The maximum Gasteiger partial charge on any atom is 0.145 e. The molecular formula is C12H13N3. The molecule has 2 N–H and O–H groups in total. The Hall–Kier alpha value is -1.90. The van der Waals surface area contributed by atoms with E-state index in [0.29, 0.717) is 5.82 Å². The molecule has 2 aromatic rings. The highest BCUT2D eigenvalue weighted by Gasteiger charge is 2.03. The molecule has 0 bridgehead atoms. The van der Waals surface area contributed by atoms with Gasteiger partial charge in [-0.1, -0.05) is 30.3 Å². The molecule has 0 aliphatic rings. The molecule has 0 atom stereocenters. The molecule has 0 spiro atoms. The molecule has 0 aliphatic heterocycles. The average molecular weight is 199 g/mol. The third-order valence-corrected chi connectivity index (χ3v) is 2.21. The molecule has 0 aliphatic carbocycles. The van der Waals surface area contributed by atoms with Crippen molar-refractivity contribution in [1.82, 2.24) is 9.97 Å². The van der Waals surface area contributed by atoms with Crippen LogP contribution in [0.1, 0.15) is 17.0 Å². The summed E-state index contributed by atoms with van der Waals surface area (Å²) in [4.78, 5) is 8.47. The summed E-state index contributed by atoms with van der Waals surface area (Å²) in [6, 6.07) is 10.1. The van der Waals surface area contributed by atoms with Crippen LogP contribution in [0, 0.1) is 6.92 Å². The van der Waals surface area contributed by atoms with E-state index in [-0.39, 0.29) is 0 Å². The molecule has 0 saturated heterocycles. The van der Waals surface area contributed by atoms with Crippen molar-refractivity contribution < 1.29 is 0 Å². The zero-order valence-electron chi connectivity index (χ0n) is 8.64. The van der Waals surface area contributed by atoms with Gasteiger partial charge in [0.1, 0.15) is 5.82 Å². The van der Waals surface area contributed by atoms with Crippen molar-refractivity contribution in [2.24, 2.45) is 0 Å². The zero-order valence-corrected chi connectivity index (χ0v) is 8.64. The maximum atomic E-state index is 5.76. The van der Waals surface area contributed by atoms with Crippen LogP contribution in [-0.2, 0) is 6.42 Å². The van der Waals surface area contributed by atoms with Crippen LogP contribution >= 0.6 is 0 Å². The summed E-state index contributed by atoms with van der Waals surface area (Å²) < 4.78 is 0. The Morgan fingerprint density at radius 1 is 1.20 bits per heavy atom. The van der Waals surface area contributed by atoms with Crippen molar-refractivity contribution in [2.45, 2.75) is 13.3 Å². The lowest BCUT2D eigenvalue weighted by Gasteiger charge is -2.04. The summed E-state index contributed by atoms with van der Waals surface area (Å²) in [5.41, 5.74) is 8.71. The number of rotatable bonds is 2. The summed E-state index contributed by atoms with van der Waals surface area (Å²) in [6.07, 6.45) is 2.42. The Balaban J connectivity index is 2.28. The number of anilines is 1. The molecule has 0 fully saturated rings. The second-order valence-corrected chi connectivity index (χ2v) is 3.51. The number of benzene rings is 1. The highest BCUT2D eigenvalue weighted by atomic mass is 14.9. The van der Waals surface area contributed by atoms with Crippen molar-refractivity contribution in [3.8, 4) is 0 Å². The van der Waals surface area contributed by atoms with Gasteiger partial charge in [-0.05, 0) is 12.5 Å². The summed E-state index contributed by atoms with van der Waals surface area (Å²) >= 11 is 0. The van der Waals surface area contributed by atoms with E-state index >= 15 is 0 Å². The van der Waals surface area contributed by atoms with Crippen LogP contribution in [0.2, 0.25) is 0 Å². The lowest BCUT2D eigenvalue weighted by molar-refractivity contribution is 1.00. The van der Waals surface area contributed by atoms with Crippen molar-refractivity contribution >= 4 is 5.82 Å². The fourth-order valence-corrected chi connectivity index (χ4v) is 1.46. The fourth-order valence-electron chi connectivity index (χ4n) is 1.46. The average Bonchev–Trinajstić information content (AvgIpc) is 2.25. The SMILES string of the molecule is Cc1cnc(N)c(Cc2ccccc2)n1. The number of aryl methyl sites for hydroxylation is 1. The van der Waals surface area contributed by atoms with Gasteiger partial charge in [-0.2, -0.15) is 0 Å². The standard InChI is InChI=1S/C12H13N3/c1-9-8-14-12(13)11(15-9)7-10-5-3-2-4-6-10/h2-6,8H,7H2,1H3,(H2,13,14). The summed E-state index contributed by atoms with van der Waals surface area (Å²) in [5, 5.41) is 0. The predicted molar refractivity (Wildman–Crippen MR) is 60.4 cm³/mol. The van der Waals surface area contributed by atoms with Gasteiger partial charge in [0, 0.05) is 6.42 Å². The Labute approximate surface area is 89.0 Å².